The molecule has 5 N–H and O–H groups in total. The molecule has 1 aromatic carbocycles. The Morgan fingerprint density at radius 1 is 0.923 bits per heavy atom. The van der Waals surface area contributed by atoms with Crippen LogP contribution in [0.1, 0.15) is 50.6 Å². The molecule has 0 saturated carbocycles. The lowest BCUT2D eigenvalue weighted by atomic mass is 9.96. The number of hydrogen-bond acceptors (Lipinski definition) is 8. The highest BCUT2D eigenvalue weighted by Gasteiger charge is 2.40. The first kappa shape index (κ1) is 29.7. The van der Waals surface area contributed by atoms with E-state index >= 15 is 0 Å². The molecular formula is C26H34N4O9. The highest BCUT2D eigenvalue weighted by atomic mass is 16.4. The number of likely N-dealkylation sites (tertiary alicyclic amines) is 2. The molecule has 4 rings (SSSR count). The van der Waals surface area contributed by atoms with Crippen molar-refractivity contribution in [2.45, 2.75) is 63.0 Å². The van der Waals surface area contributed by atoms with Gasteiger partial charge in [0.15, 0.2) is 5.60 Å². The zero-order valence-corrected chi connectivity index (χ0v) is 21.5. The van der Waals surface area contributed by atoms with Gasteiger partial charge in [-0.1, -0.05) is 18.2 Å². The molecule has 0 aliphatic carbocycles. The Morgan fingerprint density at radius 2 is 1.51 bits per heavy atom. The summed E-state index contributed by atoms with van der Waals surface area (Å²) in [6.45, 7) is 4.14. The van der Waals surface area contributed by atoms with E-state index in [0.717, 1.165) is 44.4 Å². The number of aromatic nitrogens is 2. The van der Waals surface area contributed by atoms with E-state index in [9.17, 15) is 24.0 Å². The molecule has 0 bridgehead atoms. The van der Waals surface area contributed by atoms with Crippen molar-refractivity contribution in [3.63, 3.8) is 0 Å². The summed E-state index contributed by atoms with van der Waals surface area (Å²) in [6.07, 6.45) is 3.85. The largest absolute Gasteiger partial charge is 0.481 e. The minimum atomic E-state index is -2.74. The molecule has 1 atom stereocenters. The van der Waals surface area contributed by atoms with Gasteiger partial charge in [-0.05, 0) is 51.3 Å². The highest BCUT2D eigenvalue weighted by molar-refractivity contribution is 5.89. The number of nitrogens with one attached hydrogen (secondary N) is 1. The maximum Gasteiger partial charge on any atom is 0.336 e. The number of hydrogen-bond donors (Lipinski definition) is 5. The van der Waals surface area contributed by atoms with E-state index in [1.807, 2.05) is 18.2 Å². The van der Waals surface area contributed by atoms with Crippen LogP contribution in [0.15, 0.2) is 29.1 Å². The van der Waals surface area contributed by atoms with Gasteiger partial charge in [-0.15, -0.1) is 0 Å². The van der Waals surface area contributed by atoms with Crippen LogP contribution in [0, 0.1) is 0 Å². The van der Waals surface area contributed by atoms with Gasteiger partial charge in [-0.3, -0.25) is 19.2 Å². The van der Waals surface area contributed by atoms with Crippen molar-refractivity contribution in [1.82, 2.24) is 20.0 Å². The zero-order valence-electron chi connectivity index (χ0n) is 21.5. The van der Waals surface area contributed by atoms with Crippen molar-refractivity contribution in [1.29, 1.82) is 0 Å². The Hall–Kier alpha value is -3.84. The highest BCUT2D eigenvalue weighted by Crippen LogP contribution is 2.22. The number of nitrogens with zero attached hydrogens (tertiary/aromatic N) is 3. The van der Waals surface area contributed by atoms with E-state index in [-0.39, 0.29) is 17.9 Å². The first-order chi connectivity index (χ1) is 18.5. The number of piperidine rings is 1. The molecule has 13 heteroatoms. The number of H-pyrrole nitrogens is 1. The fourth-order valence-electron chi connectivity index (χ4n) is 5.05. The number of rotatable bonds is 9. The topological polar surface area (TPSA) is 201 Å². The summed E-state index contributed by atoms with van der Waals surface area (Å²) in [6, 6.07) is 7.68. The van der Waals surface area contributed by atoms with Crippen LogP contribution in [0.25, 0.3) is 10.8 Å². The molecular weight excluding hydrogens is 512 g/mol. The van der Waals surface area contributed by atoms with Crippen molar-refractivity contribution in [2.75, 3.05) is 26.2 Å². The maximum atomic E-state index is 13.1. The number of aliphatic hydroxyl groups is 1. The predicted molar refractivity (Wildman–Crippen MR) is 138 cm³/mol. The van der Waals surface area contributed by atoms with Gasteiger partial charge in [0, 0.05) is 24.5 Å². The van der Waals surface area contributed by atoms with Crippen molar-refractivity contribution >= 4 is 34.6 Å². The second-order valence-electron chi connectivity index (χ2n) is 9.94. The molecule has 39 heavy (non-hydrogen) atoms. The number of carbonyl (C=O) groups is 4. The van der Waals surface area contributed by atoms with Gasteiger partial charge in [-0.2, -0.15) is 5.10 Å². The van der Waals surface area contributed by atoms with Crippen LogP contribution in [-0.2, 0) is 25.6 Å². The lowest BCUT2D eigenvalue weighted by Gasteiger charge is -2.38. The number of carboxylic acids is 3. The second kappa shape index (κ2) is 13.3. The molecule has 212 valence electrons. The normalized spacial score (nSPS) is 17.9. The lowest BCUT2D eigenvalue weighted by molar-refractivity contribution is -0.170. The summed E-state index contributed by atoms with van der Waals surface area (Å²) in [5, 5.41) is 41.9. The van der Waals surface area contributed by atoms with E-state index in [1.165, 1.54) is 19.3 Å². The van der Waals surface area contributed by atoms with Gasteiger partial charge in [0.25, 0.3) is 5.56 Å². The third-order valence-electron chi connectivity index (χ3n) is 6.99. The van der Waals surface area contributed by atoms with Crippen LogP contribution in [0.2, 0.25) is 0 Å². The van der Waals surface area contributed by atoms with E-state index in [1.54, 1.807) is 6.07 Å². The summed E-state index contributed by atoms with van der Waals surface area (Å²) in [4.78, 5) is 60.0. The Labute approximate surface area is 224 Å². The maximum absolute atomic E-state index is 13.1. The number of amides is 1. The first-order valence-electron chi connectivity index (χ1n) is 12.9. The van der Waals surface area contributed by atoms with E-state index in [2.05, 4.69) is 20.0 Å². The molecule has 0 spiro atoms. The molecule has 1 amide bonds. The minimum Gasteiger partial charge on any atom is -0.481 e. The van der Waals surface area contributed by atoms with Crippen LogP contribution in [0.5, 0.6) is 0 Å². The van der Waals surface area contributed by atoms with Gasteiger partial charge in [0.1, 0.15) is 0 Å². The fourth-order valence-corrected chi connectivity index (χ4v) is 5.05. The van der Waals surface area contributed by atoms with Crippen LogP contribution >= 0.6 is 0 Å². The summed E-state index contributed by atoms with van der Waals surface area (Å²) >= 11 is 0. The van der Waals surface area contributed by atoms with Crippen molar-refractivity contribution in [3.05, 3.63) is 40.3 Å². The van der Waals surface area contributed by atoms with Gasteiger partial charge in [0.2, 0.25) is 5.91 Å². The Kier molecular flexibility index (Phi) is 10.1. The summed E-state index contributed by atoms with van der Waals surface area (Å²) in [5.41, 5.74) is -2.28. The molecule has 3 heterocycles. The summed E-state index contributed by atoms with van der Waals surface area (Å²) < 4.78 is 0. The molecule has 13 nitrogen and oxygen atoms in total. The molecule has 1 unspecified atom stereocenters. The van der Waals surface area contributed by atoms with Crippen molar-refractivity contribution in [3.8, 4) is 0 Å². The monoisotopic (exact) mass is 546 g/mol. The van der Waals surface area contributed by atoms with Crippen LogP contribution in [-0.4, -0.2) is 102 Å². The smallest absolute Gasteiger partial charge is 0.336 e. The second-order valence-corrected chi connectivity index (χ2v) is 9.94. The third-order valence-corrected chi connectivity index (χ3v) is 6.99. The number of fused-ring (bicyclic) bond motifs is 1. The average Bonchev–Trinajstić information content (AvgIpc) is 3.39. The SMILES string of the molecule is O=C(Cc1n[nH]c(=O)c2ccccc12)N1CCCCC1CN1CCCC1.O=C(O)CC(O)(CC(=O)O)C(=O)O. The van der Waals surface area contributed by atoms with Gasteiger partial charge in [0.05, 0.1) is 30.3 Å². The Balaban J connectivity index is 0.000000276. The van der Waals surface area contributed by atoms with E-state index in [4.69, 9.17) is 20.4 Å². The van der Waals surface area contributed by atoms with Crippen molar-refractivity contribution in [2.24, 2.45) is 0 Å². The molecule has 0 radical (unpaired) electrons. The molecule has 2 saturated heterocycles. The number of carbonyl (C=O) groups excluding carboxylic acids is 1. The van der Waals surface area contributed by atoms with Crippen LogP contribution < -0.4 is 5.56 Å². The van der Waals surface area contributed by atoms with Crippen molar-refractivity contribution < 1.29 is 39.6 Å². The zero-order chi connectivity index (χ0) is 28.6. The standard InChI is InChI=1S/C20H26N4O2.C6H8O7/c25-19(13-18-16-8-1-2-9-17(16)20(26)22-21-18)24-12-4-3-7-15(24)14-23-10-5-6-11-23;7-3(8)1-6(13,5(11)12)2-4(9)10/h1-2,8-9,15H,3-7,10-14H2,(H,22,26);13H,1-2H2,(H,7,8)(H,9,10)(H,11,12). The van der Waals surface area contributed by atoms with Crippen LogP contribution in [0.3, 0.4) is 0 Å². The molecule has 2 aliphatic rings. The number of carboxylic acid groups (broad SMARTS) is 3. The minimum absolute atomic E-state index is 0.124. The summed E-state index contributed by atoms with van der Waals surface area (Å²) in [7, 11) is 0. The van der Waals surface area contributed by atoms with Gasteiger partial charge in [-0.25, -0.2) is 9.89 Å². The average molecular weight is 547 g/mol. The lowest BCUT2D eigenvalue weighted by Crippen LogP contribution is -2.49. The molecule has 2 aliphatic heterocycles. The van der Waals surface area contributed by atoms with Gasteiger partial charge >= 0.3 is 17.9 Å². The van der Waals surface area contributed by atoms with Crippen LogP contribution in [0.4, 0.5) is 0 Å². The quantitative estimate of drug-likeness (QED) is 0.296. The number of benzene rings is 1. The van der Waals surface area contributed by atoms with E-state index in [0.29, 0.717) is 17.1 Å². The summed E-state index contributed by atoms with van der Waals surface area (Å²) in [5.74, 6) is -4.90. The third kappa shape index (κ3) is 8.07. The Morgan fingerprint density at radius 3 is 2.10 bits per heavy atom. The number of aliphatic carboxylic acids is 3. The first-order valence-corrected chi connectivity index (χ1v) is 12.9. The predicted octanol–water partition coefficient (Wildman–Crippen LogP) is 0.694. The van der Waals surface area contributed by atoms with Gasteiger partial charge < -0.3 is 30.2 Å². The molecule has 2 aromatic rings. The van der Waals surface area contributed by atoms with E-state index < -0.39 is 36.4 Å². The Bertz CT molecular complexity index is 1240. The molecule has 2 fully saturated rings. The number of aromatic amines is 1. The molecule has 1 aromatic heterocycles. The fraction of sp³-hybridized carbons (Fsp3) is 0.538.